The van der Waals surface area contributed by atoms with Gasteiger partial charge in [-0.1, -0.05) is 64.7 Å². The van der Waals surface area contributed by atoms with Crippen molar-refractivity contribution in [3.05, 3.63) is 11.6 Å². The predicted molar refractivity (Wildman–Crippen MR) is 145 cm³/mol. The molecule has 6 heteroatoms. The van der Waals surface area contributed by atoms with Gasteiger partial charge >= 0.3 is 0 Å². The van der Waals surface area contributed by atoms with Gasteiger partial charge in [-0.25, -0.2) is 0 Å². The first kappa shape index (κ1) is 30.3. The summed E-state index contributed by atoms with van der Waals surface area (Å²) < 4.78 is 19.0. The van der Waals surface area contributed by atoms with Crippen LogP contribution in [-0.2, 0) is 18.7 Å². The second-order valence-corrected chi connectivity index (χ2v) is 23.4. The largest absolute Gasteiger partial charge is 0.413 e. The van der Waals surface area contributed by atoms with Crippen LogP contribution in [0.25, 0.3) is 0 Å². The molecule has 0 saturated heterocycles. The van der Waals surface area contributed by atoms with Crippen molar-refractivity contribution in [1.82, 2.24) is 0 Å². The molecule has 0 N–H and O–H groups in total. The minimum atomic E-state index is -2.08. The molecule has 1 aliphatic carbocycles. The summed E-state index contributed by atoms with van der Waals surface area (Å²) in [4.78, 5) is 13.5. The van der Waals surface area contributed by atoms with Crippen LogP contribution >= 0.6 is 0 Å². The number of ketones is 1. The predicted octanol–water partition coefficient (Wildman–Crippen LogP) is 7.05. The van der Waals surface area contributed by atoms with Crippen LogP contribution in [0.2, 0.25) is 43.8 Å². The smallest absolute Gasteiger partial charge is 0.192 e. The summed E-state index contributed by atoms with van der Waals surface area (Å²) in [5.41, 5.74) is 0.156. The van der Waals surface area contributed by atoms with Crippen LogP contribution < -0.4 is 0 Å². The number of allylic oxidation sites excluding steroid dienone is 2. The molecule has 0 unspecified atom stereocenters. The van der Waals surface area contributed by atoms with Crippen LogP contribution in [0.4, 0.5) is 0 Å². The SMILES string of the molecule is CC(C)=CC#C[C@](C)(OCOCC[Si](C)(C)C)[C@H]1C(=O)C[C@H](C)C[C@@H]1O[Si](C)(C)C(C)(C)C. The van der Waals surface area contributed by atoms with Crippen molar-refractivity contribution in [2.45, 2.75) is 117 Å². The molecule has 0 heterocycles. The summed E-state index contributed by atoms with van der Waals surface area (Å²) >= 11 is 0. The molecule has 0 radical (unpaired) electrons. The zero-order chi connectivity index (χ0) is 25.7. The Morgan fingerprint density at radius 1 is 1.12 bits per heavy atom. The first-order valence-corrected chi connectivity index (χ1v) is 19.1. The van der Waals surface area contributed by atoms with E-state index in [9.17, 15) is 4.79 Å². The number of rotatable bonds is 9. The number of ether oxygens (including phenoxy) is 2. The molecular formula is C27H50O4Si2. The minimum absolute atomic E-state index is 0.0617. The molecule has 0 bridgehead atoms. The van der Waals surface area contributed by atoms with Gasteiger partial charge < -0.3 is 13.9 Å². The summed E-state index contributed by atoms with van der Waals surface area (Å²) in [7, 11) is -3.26. The Bertz CT molecular complexity index is 745. The van der Waals surface area contributed by atoms with Gasteiger partial charge in [0.2, 0.25) is 0 Å². The monoisotopic (exact) mass is 494 g/mol. The van der Waals surface area contributed by atoms with Gasteiger partial charge in [0.05, 0.1) is 12.0 Å². The normalized spacial score (nSPS) is 24.0. The average molecular weight is 495 g/mol. The van der Waals surface area contributed by atoms with Crippen LogP contribution in [0.3, 0.4) is 0 Å². The van der Waals surface area contributed by atoms with Gasteiger partial charge in [-0.3, -0.25) is 4.79 Å². The second kappa shape index (κ2) is 11.8. The van der Waals surface area contributed by atoms with E-state index in [0.29, 0.717) is 18.9 Å². The molecule has 0 spiro atoms. The fraction of sp³-hybridized carbons (Fsp3) is 0.815. The maximum absolute atomic E-state index is 13.5. The molecule has 4 atom stereocenters. The molecule has 0 amide bonds. The Kier molecular flexibility index (Phi) is 10.9. The molecule has 1 fully saturated rings. The molecular weight excluding hydrogens is 444 g/mol. The highest BCUT2D eigenvalue weighted by Crippen LogP contribution is 2.43. The lowest BCUT2D eigenvalue weighted by Crippen LogP contribution is -2.56. The van der Waals surface area contributed by atoms with E-state index in [1.165, 1.54) is 0 Å². The molecule has 1 saturated carbocycles. The van der Waals surface area contributed by atoms with Crippen molar-refractivity contribution in [3.63, 3.8) is 0 Å². The Balaban J connectivity index is 3.24. The molecule has 0 aromatic heterocycles. The Labute approximate surface area is 206 Å². The summed E-state index contributed by atoms with van der Waals surface area (Å²) in [6, 6.07) is 1.08. The molecule has 0 aromatic rings. The highest BCUT2D eigenvalue weighted by atomic mass is 28.4. The van der Waals surface area contributed by atoms with Crippen LogP contribution in [0.1, 0.15) is 61.3 Å². The van der Waals surface area contributed by atoms with Gasteiger partial charge in [0.1, 0.15) is 18.2 Å². The van der Waals surface area contributed by atoms with Gasteiger partial charge in [0, 0.05) is 21.1 Å². The fourth-order valence-corrected chi connectivity index (χ4v) is 5.86. The quantitative estimate of drug-likeness (QED) is 0.149. The Morgan fingerprint density at radius 2 is 1.73 bits per heavy atom. The fourth-order valence-electron chi connectivity index (χ4n) is 3.76. The summed E-state index contributed by atoms with van der Waals surface area (Å²) in [5.74, 6) is 6.51. The van der Waals surface area contributed by atoms with E-state index in [4.69, 9.17) is 13.9 Å². The van der Waals surface area contributed by atoms with E-state index >= 15 is 0 Å². The van der Waals surface area contributed by atoms with Gasteiger partial charge in [-0.2, -0.15) is 0 Å². The van der Waals surface area contributed by atoms with Crippen molar-refractivity contribution in [2.75, 3.05) is 13.4 Å². The molecule has 0 aliphatic heterocycles. The number of carbonyl (C=O) groups is 1. The lowest BCUT2D eigenvalue weighted by atomic mass is 9.72. The van der Waals surface area contributed by atoms with E-state index in [1.54, 1.807) is 0 Å². The summed E-state index contributed by atoms with van der Waals surface area (Å²) in [6.45, 7) is 27.1. The number of hydrogen-bond acceptors (Lipinski definition) is 4. The molecule has 4 nitrogen and oxygen atoms in total. The lowest BCUT2D eigenvalue weighted by Gasteiger charge is -2.47. The van der Waals surface area contributed by atoms with E-state index in [-0.39, 0.29) is 23.7 Å². The molecule has 1 aliphatic rings. The van der Waals surface area contributed by atoms with Crippen LogP contribution in [0, 0.1) is 23.7 Å². The maximum atomic E-state index is 13.5. The van der Waals surface area contributed by atoms with Gasteiger partial charge in [-0.15, -0.1) is 0 Å². The third-order valence-electron chi connectivity index (χ3n) is 6.87. The summed E-state index contributed by atoms with van der Waals surface area (Å²) in [6.07, 6.45) is 3.08. The number of carbonyl (C=O) groups excluding carboxylic acids is 1. The molecule has 0 aromatic carbocycles. The molecule has 1 rings (SSSR count). The standard InChI is InChI=1S/C27H50O4Si2/c1-21(2)14-13-15-27(7,30-20-29-16-17-32(8,9)10)25-23(28)18-22(3)19-24(25)31-33(11,12)26(4,5)6/h14,22,24-25H,16-20H2,1-12H3/t22-,24-,25-,27-/m0/s1. The minimum Gasteiger partial charge on any atom is -0.413 e. The van der Waals surface area contributed by atoms with E-state index < -0.39 is 27.9 Å². The van der Waals surface area contributed by atoms with Crippen molar-refractivity contribution >= 4 is 22.2 Å². The summed E-state index contributed by atoms with van der Waals surface area (Å²) in [5, 5.41) is 0.0617. The van der Waals surface area contributed by atoms with E-state index in [1.807, 2.05) is 26.8 Å². The van der Waals surface area contributed by atoms with Crippen molar-refractivity contribution in [1.29, 1.82) is 0 Å². The van der Waals surface area contributed by atoms with Crippen LogP contribution in [0.5, 0.6) is 0 Å². The first-order chi connectivity index (χ1) is 14.9. The second-order valence-electron chi connectivity index (χ2n) is 13.0. The van der Waals surface area contributed by atoms with Gasteiger partial charge in [0.25, 0.3) is 0 Å². The highest BCUT2D eigenvalue weighted by molar-refractivity contribution is 6.76. The zero-order valence-corrected chi connectivity index (χ0v) is 25.5. The van der Waals surface area contributed by atoms with Crippen LogP contribution in [-0.4, -0.2) is 47.3 Å². The van der Waals surface area contributed by atoms with Crippen molar-refractivity contribution < 1.29 is 18.7 Å². The zero-order valence-electron chi connectivity index (χ0n) is 23.5. The highest BCUT2D eigenvalue weighted by Gasteiger charge is 2.51. The van der Waals surface area contributed by atoms with E-state index in [2.05, 4.69) is 72.3 Å². The average Bonchev–Trinajstić information content (AvgIpc) is 2.58. The Hall–Kier alpha value is -0.716. The number of Topliss-reactive ketones (excluding diaryl/α,β-unsaturated/α-hetero) is 1. The van der Waals surface area contributed by atoms with Crippen molar-refractivity contribution in [3.8, 4) is 11.8 Å². The third kappa shape index (κ3) is 9.81. The van der Waals surface area contributed by atoms with Crippen LogP contribution in [0.15, 0.2) is 11.6 Å². The molecule has 33 heavy (non-hydrogen) atoms. The Morgan fingerprint density at radius 3 is 2.24 bits per heavy atom. The first-order valence-electron chi connectivity index (χ1n) is 12.5. The maximum Gasteiger partial charge on any atom is 0.192 e. The topological polar surface area (TPSA) is 44.8 Å². The van der Waals surface area contributed by atoms with Crippen molar-refractivity contribution in [2.24, 2.45) is 11.8 Å². The molecule has 190 valence electrons. The number of hydrogen-bond donors (Lipinski definition) is 0. The van der Waals surface area contributed by atoms with E-state index in [0.717, 1.165) is 18.0 Å². The van der Waals surface area contributed by atoms with Gasteiger partial charge in [0.15, 0.2) is 8.32 Å². The lowest BCUT2D eigenvalue weighted by molar-refractivity contribution is -0.165. The third-order valence-corrected chi connectivity index (χ3v) is 13.1. The van der Waals surface area contributed by atoms with Gasteiger partial charge in [-0.05, 0) is 63.4 Å².